The Morgan fingerprint density at radius 2 is 1.85 bits per heavy atom. The van der Waals surface area contributed by atoms with Crippen molar-refractivity contribution in [2.75, 3.05) is 0 Å². The van der Waals surface area contributed by atoms with Gasteiger partial charge in [-0.25, -0.2) is 0 Å². The second-order valence-corrected chi connectivity index (χ2v) is 5.82. The number of hydrogen-bond donors (Lipinski definition) is 2. The van der Waals surface area contributed by atoms with E-state index in [0.29, 0.717) is 0 Å². The van der Waals surface area contributed by atoms with Crippen LogP contribution in [0.2, 0.25) is 0 Å². The first-order valence-corrected chi connectivity index (χ1v) is 6.87. The fraction of sp³-hybridized carbons (Fsp3) is 0.353. The van der Waals surface area contributed by atoms with Crippen LogP contribution in [-0.4, -0.2) is 22.7 Å². The van der Waals surface area contributed by atoms with Crippen molar-refractivity contribution in [3.63, 3.8) is 0 Å². The Kier molecular flexibility index (Phi) is 4.09. The van der Waals surface area contributed by atoms with Crippen LogP contribution in [0.5, 0.6) is 0 Å². The molecular formula is C17H21NO2. The lowest BCUT2D eigenvalue weighted by molar-refractivity contribution is -0.137. The summed E-state index contributed by atoms with van der Waals surface area (Å²) in [6, 6.07) is 14.5. The van der Waals surface area contributed by atoms with E-state index in [1.807, 2.05) is 19.1 Å². The molecule has 0 unspecified atom stereocenters. The van der Waals surface area contributed by atoms with Gasteiger partial charge in [0.15, 0.2) is 0 Å². The van der Waals surface area contributed by atoms with E-state index >= 15 is 0 Å². The van der Waals surface area contributed by atoms with Gasteiger partial charge in [0.05, 0.1) is 0 Å². The van der Waals surface area contributed by atoms with Crippen molar-refractivity contribution in [2.45, 2.75) is 38.8 Å². The lowest BCUT2D eigenvalue weighted by Gasteiger charge is -2.21. The third kappa shape index (κ3) is 3.58. The van der Waals surface area contributed by atoms with Crippen molar-refractivity contribution in [1.82, 2.24) is 5.32 Å². The van der Waals surface area contributed by atoms with Gasteiger partial charge in [-0.1, -0.05) is 42.5 Å². The standard InChI is InChI=1S/C17H21NO2/c1-12(18-16(19)17(2,3)20)10-13-8-9-14-6-4-5-7-15(14)11-13/h4-9,11-12,20H,10H2,1-3H3,(H,18,19)/t12-/m1/s1. The molecule has 0 aliphatic carbocycles. The van der Waals surface area contributed by atoms with Crippen LogP contribution in [0.1, 0.15) is 26.3 Å². The fourth-order valence-corrected chi connectivity index (χ4v) is 2.17. The van der Waals surface area contributed by atoms with E-state index in [9.17, 15) is 9.90 Å². The summed E-state index contributed by atoms with van der Waals surface area (Å²) in [5.41, 5.74) is -0.162. The summed E-state index contributed by atoms with van der Waals surface area (Å²) >= 11 is 0. The normalized spacial score (nSPS) is 13.2. The van der Waals surface area contributed by atoms with Gasteiger partial charge in [-0.3, -0.25) is 4.79 Å². The molecule has 2 N–H and O–H groups in total. The van der Waals surface area contributed by atoms with Gasteiger partial charge in [-0.15, -0.1) is 0 Å². The van der Waals surface area contributed by atoms with Crippen molar-refractivity contribution < 1.29 is 9.90 Å². The molecule has 0 heterocycles. The zero-order chi connectivity index (χ0) is 14.8. The molecule has 0 aromatic heterocycles. The second kappa shape index (κ2) is 5.63. The molecule has 3 heteroatoms. The van der Waals surface area contributed by atoms with E-state index in [1.165, 1.54) is 30.2 Å². The SMILES string of the molecule is C[C@H](Cc1ccc2ccccc2c1)NC(=O)C(C)(C)O. The molecule has 0 radical (unpaired) electrons. The van der Waals surface area contributed by atoms with Crippen LogP contribution in [0.25, 0.3) is 10.8 Å². The highest BCUT2D eigenvalue weighted by Gasteiger charge is 2.24. The first-order chi connectivity index (χ1) is 9.36. The van der Waals surface area contributed by atoms with Gasteiger partial charge in [0, 0.05) is 6.04 Å². The molecule has 0 aliphatic rings. The maximum Gasteiger partial charge on any atom is 0.251 e. The number of aliphatic hydroxyl groups is 1. The van der Waals surface area contributed by atoms with Crippen molar-refractivity contribution in [3.05, 3.63) is 48.0 Å². The minimum absolute atomic E-state index is 0.0184. The van der Waals surface area contributed by atoms with E-state index in [-0.39, 0.29) is 11.9 Å². The molecular weight excluding hydrogens is 250 g/mol. The number of carbonyl (C=O) groups is 1. The summed E-state index contributed by atoms with van der Waals surface area (Å²) < 4.78 is 0. The van der Waals surface area contributed by atoms with Crippen LogP contribution >= 0.6 is 0 Å². The molecule has 0 saturated carbocycles. The second-order valence-electron chi connectivity index (χ2n) is 5.82. The largest absolute Gasteiger partial charge is 0.381 e. The summed E-state index contributed by atoms with van der Waals surface area (Å²) in [7, 11) is 0. The van der Waals surface area contributed by atoms with Gasteiger partial charge in [0.2, 0.25) is 0 Å². The summed E-state index contributed by atoms with van der Waals surface area (Å²) in [6.07, 6.45) is 0.743. The van der Waals surface area contributed by atoms with E-state index in [4.69, 9.17) is 0 Å². The average Bonchev–Trinajstić information content (AvgIpc) is 2.37. The maximum absolute atomic E-state index is 11.7. The predicted molar refractivity (Wildman–Crippen MR) is 81.6 cm³/mol. The Balaban J connectivity index is 2.06. The van der Waals surface area contributed by atoms with Crippen LogP contribution < -0.4 is 5.32 Å². The van der Waals surface area contributed by atoms with E-state index < -0.39 is 5.60 Å². The van der Waals surface area contributed by atoms with E-state index in [0.717, 1.165) is 6.42 Å². The number of fused-ring (bicyclic) bond motifs is 1. The smallest absolute Gasteiger partial charge is 0.251 e. The first kappa shape index (κ1) is 14.5. The van der Waals surface area contributed by atoms with Gasteiger partial charge >= 0.3 is 0 Å². The van der Waals surface area contributed by atoms with Crippen LogP contribution in [-0.2, 0) is 11.2 Å². The van der Waals surface area contributed by atoms with Crippen LogP contribution in [0.4, 0.5) is 0 Å². The molecule has 1 amide bonds. The van der Waals surface area contributed by atoms with Crippen molar-refractivity contribution in [3.8, 4) is 0 Å². The molecule has 20 heavy (non-hydrogen) atoms. The molecule has 0 saturated heterocycles. The minimum Gasteiger partial charge on any atom is -0.381 e. The quantitative estimate of drug-likeness (QED) is 0.898. The van der Waals surface area contributed by atoms with Crippen molar-refractivity contribution in [2.24, 2.45) is 0 Å². The predicted octanol–water partition coefficient (Wildman–Crippen LogP) is 2.66. The summed E-state index contributed by atoms with van der Waals surface area (Å²) in [6.45, 7) is 4.93. The number of amides is 1. The molecule has 2 rings (SSSR count). The molecule has 0 bridgehead atoms. The number of carbonyl (C=O) groups excluding carboxylic acids is 1. The Morgan fingerprint density at radius 1 is 1.20 bits per heavy atom. The monoisotopic (exact) mass is 271 g/mol. The fourth-order valence-electron chi connectivity index (χ4n) is 2.17. The van der Waals surface area contributed by atoms with Gasteiger partial charge in [-0.2, -0.15) is 0 Å². The van der Waals surface area contributed by atoms with Crippen molar-refractivity contribution >= 4 is 16.7 Å². The van der Waals surface area contributed by atoms with E-state index in [1.54, 1.807) is 0 Å². The number of benzene rings is 2. The third-order valence-corrected chi connectivity index (χ3v) is 3.29. The minimum atomic E-state index is -1.34. The molecule has 3 nitrogen and oxygen atoms in total. The van der Waals surface area contributed by atoms with Gasteiger partial charge in [0.1, 0.15) is 5.60 Å². The van der Waals surface area contributed by atoms with Gasteiger partial charge in [0.25, 0.3) is 5.91 Å². The number of rotatable bonds is 4. The molecule has 0 spiro atoms. The lowest BCUT2D eigenvalue weighted by atomic mass is 10.0. The number of nitrogens with one attached hydrogen (secondary N) is 1. The van der Waals surface area contributed by atoms with Gasteiger partial charge < -0.3 is 10.4 Å². The van der Waals surface area contributed by atoms with E-state index in [2.05, 4.69) is 35.6 Å². The topological polar surface area (TPSA) is 49.3 Å². The average molecular weight is 271 g/mol. The third-order valence-electron chi connectivity index (χ3n) is 3.29. The maximum atomic E-state index is 11.7. The highest BCUT2D eigenvalue weighted by molar-refractivity contribution is 5.84. The van der Waals surface area contributed by atoms with Gasteiger partial charge in [-0.05, 0) is 43.5 Å². The lowest BCUT2D eigenvalue weighted by Crippen LogP contribution is -2.46. The molecule has 2 aromatic rings. The summed E-state index contributed by atoms with van der Waals surface area (Å²) in [5.74, 6) is -0.342. The first-order valence-electron chi connectivity index (χ1n) is 6.87. The Bertz CT molecular complexity index is 614. The number of hydrogen-bond acceptors (Lipinski definition) is 2. The molecule has 2 aromatic carbocycles. The zero-order valence-corrected chi connectivity index (χ0v) is 12.2. The van der Waals surface area contributed by atoms with Crippen LogP contribution in [0.15, 0.2) is 42.5 Å². The molecule has 0 fully saturated rings. The van der Waals surface area contributed by atoms with Crippen LogP contribution in [0.3, 0.4) is 0 Å². The Hall–Kier alpha value is -1.87. The Labute approximate surface area is 119 Å². The Morgan fingerprint density at radius 3 is 2.50 bits per heavy atom. The summed E-state index contributed by atoms with van der Waals surface area (Å²) in [5, 5.41) is 14.9. The molecule has 0 aliphatic heterocycles. The highest BCUT2D eigenvalue weighted by Crippen LogP contribution is 2.16. The summed E-state index contributed by atoms with van der Waals surface area (Å²) in [4.78, 5) is 11.7. The molecule has 106 valence electrons. The van der Waals surface area contributed by atoms with Crippen molar-refractivity contribution in [1.29, 1.82) is 0 Å². The molecule has 1 atom stereocenters. The zero-order valence-electron chi connectivity index (χ0n) is 12.2. The van der Waals surface area contributed by atoms with Crippen LogP contribution in [0, 0.1) is 0 Å². The highest BCUT2D eigenvalue weighted by atomic mass is 16.3.